The average molecular weight is 417 g/mol. The molecule has 0 bridgehead atoms. The van der Waals surface area contributed by atoms with Crippen LogP contribution in [-0.2, 0) is 18.6 Å². The van der Waals surface area contributed by atoms with Gasteiger partial charge in [0.15, 0.2) is 23.9 Å². The number of aromatic nitrogens is 4. The van der Waals surface area contributed by atoms with Gasteiger partial charge in [-0.2, -0.15) is 0 Å². The number of hydrogen-bond acceptors (Lipinski definition) is 8. The van der Waals surface area contributed by atoms with Crippen LogP contribution in [0.2, 0.25) is 0 Å². The summed E-state index contributed by atoms with van der Waals surface area (Å²) in [5, 5.41) is 0. The lowest BCUT2D eigenvalue weighted by molar-refractivity contribution is -0.0720. The molecule has 0 amide bonds. The van der Waals surface area contributed by atoms with E-state index in [9.17, 15) is 9.46 Å². The van der Waals surface area contributed by atoms with Crippen LogP contribution in [0.15, 0.2) is 12.7 Å². The van der Waals surface area contributed by atoms with Crippen molar-refractivity contribution in [2.75, 3.05) is 12.3 Å². The molecule has 0 spiro atoms. The predicted octanol–water partition coefficient (Wildman–Crippen LogP) is 2.05. The fraction of sp³-hybridized carbons (Fsp3) is 0.688. The van der Waals surface area contributed by atoms with Crippen molar-refractivity contribution in [1.29, 1.82) is 0 Å². The number of fused-ring (bicyclic) bond motifs is 1. The number of hydrogen-bond donors (Lipinski definition) is 2. The molecule has 3 heterocycles. The fourth-order valence-electron chi connectivity index (χ4n) is 2.82. The number of imidazole rings is 1. The Morgan fingerprint density at radius 3 is 2.71 bits per heavy atom. The quantitative estimate of drug-likeness (QED) is 0.649. The Morgan fingerprint density at radius 1 is 1.36 bits per heavy atom. The van der Waals surface area contributed by atoms with E-state index < -0.39 is 37.9 Å². The van der Waals surface area contributed by atoms with E-state index in [0.29, 0.717) is 11.2 Å². The molecule has 10 nitrogen and oxygen atoms in total. The van der Waals surface area contributed by atoms with Gasteiger partial charge in [0, 0.05) is 0 Å². The number of ether oxygens (including phenoxy) is 2. The summed E-state index contributed by atoms with van der Waals surface area (Å²) in [6, 6.07) is 0. The number of nitrogens with two attached hydrogens (primary N) is 1. The van der Waals surface area contributed by atoms with Gasteiger partial charge in [-0.3, -0.25) is 13.7 Å². The molecule has 0 aliphatic carbocycles. The van der Waals surface area contributed by atoms with Gasteiger partial charge in [0.25, 0.3) is 0 Å². The van der Waals surface area contributed by atoms with Gasteiger partial charge in [0.2, 0.25) is 0 Å². The van der Waals surface area contributed by atoms with Gasteiger partial charge < -0.3 is 20.1 Å². The zero-order chi connectivity index (χ0) is 20.6. The lowest BCUT2D eigenvalue weighted by atomic mass is 10.1. The third kappa shape index (κ3) is 4.04. The van der Waals surface area contributed by atoms with Crippen molar-refractivity contribution in [1.82, 2.24) is 19.5 Å². The highest BCUT2D eigenvalue weighted by atomic mass is 31.2. The van der Waals surface area contributed by atoms with Crippen LogP contribution in [0.1, 0.15) is 33.9 Å². The van der Waals surface area contributed by atoms with E-state index in [4.69, 9.17) is 19.7 Å². The Kier molecular flexibility index (Phi) is 6.02. The maximum Gasteiger partial charge on any atom is 0.331 e. The Hall–Kier alpha value is -1.65. The van der Waals surface area contributed by atoms with E-state index in [1.807, 2.05) is 13.8 Å². The molecule has 1 fully saturated rings. The molecule has 12 heteroatoms. The minimum absolute atomic E-state index is 0.00109. The van der Waals surface area contributed by atoms with E-state index in [2.05, 4.69) is 15.0 Å². The van der Waals surface area contributed by atoms with Crippen molar-refractivity contribution in [2.45, 2.75) is 64.1 Å². The summed E-state index contributed by atoms with van der Waals surface area (Å²) in [6.07, 6.45) is -2.65. The lowest BCUT2D eigenvalue weighted by Crippen LogP contribution is -2.35. The minimum Gasteiger partial charge on any atom is -0.382 e. The van der Waals surface area contributed by atoms with E-state index in [0.717, 1.165) is 0 Å². The molecular formula is C16H25FN5O5P. The Balaban J connectivity index is 1.92. The summed E-state index contributed by atoms with van der Waals surface area (Å²) in [5.41, 5.74) is 5.70. The first-order chi connectivity index (χ1) is 13.1. The van der Waals surface area contributed by atoms with E-state index in [1.54, 1.807) is 0 Å². The fourth-order valence-corrected chi connectivity index (χ4v) is 3.66. The zero-order valence-corrected chi connectivity index (χ0v) is 17.0. The van der Waals surface area contributed by atoms with Gasteiger partial charge in [-0.15, -0.1) is 0 Å². The van der Waals surface area contributed by atoms with Gasteiger partial charge in [-0.25, -0.2) is 19.3 Å². The first kappa shape index (κ1) is 21.1. The standard InChI is InChI=1S/C16H25FN5O5P/c1-8(2)25-5-10-13(27-28(23,24)9(3)4)11(17)16(26-10)22-7-21-12-14(18)19-6-20-15(12)22/h6-11,13,16H,5H2,1-4H3,(H,23,24)(H2,18,19,20)/t10-,11?,13+,16-/m1/s1. The summed E-state index contributed by atoms with van der Waals surface area (Å²) >= 11 is 0. The zero-order valence-electron chi connectivity index (χ0n) is 16.1. The van der Waals surface area contributed by atoms with Crippen molar-refractivity contribution in [2.24, 2.45) is 0 Å². The van der Waals surface area contributed by atoms with E-state index in [-0.39, 0.29) is 18.5 Å². The van der Waals surface area contributed by atoms with Crippen LogP contribution in [0.4, 0.5) is 10.2 Å². The van der Waals surface area contributed by atoms with Gasteiger partial charge in [0.1, 0.15) is 24.1 Å². The van der Waals surface area contributed by atoms with Crippen molar-refractivity contribution in [3.05, 3.63) is 12.7 Å². The predicted molar refractivity (Wildman–Crippen MR) is 99.5 cm³/mol. The van der Waals surface area contributed by atoms with Crippen LogP contribution in [0.3, 0.4) is 0 Å². The van der Waals surface area contributed by atoms with Crippen LogP contribution in [0, 0.1) is 0 Å². The number of halogens is 1. The van der Waals surface area contributed by atoms with Gasteiger partial charge in [-0.1, -0.05) is 13.8 Å². The Morgan fingerprint density at radius 2 is 2.07 bits per heavy atom. The highest BCUT2D eigenvalue weighted by molar-refractivity contribution is 7.53. The number of nitrogens with zero attached hydrogens (tertiary/aromatic N) is 4. The van der Waals surface area contributed by atoms with Crippen molar-refractivity contribution in [3.63, 3.8) is 0 Å². The molecule has 1 saturated heterocycles. The first-order valence-corrected chi connectivity index (χ1v) is 10.6. The summed E-state index contributed by atoms with van der Waals surface area (Å²) in [7, 11) is -4.04. The summed E-state index contributed by atoms with van der Waals surface area (Å²) in [5.74, 6) is 0.157. The van der Waals surface area contributed by atoms with Gasteiger partial charge >= 0.3 is 7.60 Å². The Bertz CT molecular complexity index is 878. The molecule has 1 aliphatic rings. The maximum atomic E-state index is 15.4. The molecule has 156 valence electrons. The smallest absolute Gasteiger partial charge is 0.331 e. The molecule has 28 heavy (non-hydrogen) atoms. The van der Waals surface area contributed by atoms with Crippen molar-refractivity contribution < 1.29 is 27.8 Å². The average Bonchev–Trinajstić information content (AvgIpc) is 3.16. The highest BCUT2D eigenvalue weighted by Crippen LogP contribution is 2.51. The lowest BCUT2D eigenvalue weighted by Gasteiger charge is -2.25. The van der Waals surface area contributed by atoms with E-state index >= 15 is 4.39 Å². The van der Waals surface area contributed by atoms with Crippen LogP contribution >= 0.6 is 7.60 Å². The normalized spacial score (nSPS) is 27.7. The van der Waals surface area contributed by atoms with Crippen LogP contribution in [0.25, 0.3) is 11.2 Å². The second-order valence-electron chi connectivity index (χ2n) is 7.20. The van der Waals surface area contributed by atoms with Crippen molar-refractivity contribution >= 4 is 24.6 Å². The molecule has 2 unspecified atom stereocenters. The van der Waals surface area contributed by atoms with Gasteiger partial charge in [0.05, 0.1) is 24.7 Å². The maximum absolute atomic E-state index is 15.4. The molecule has 2 aromatic rings. The number of anilines is 1. The topological polar surface area (TPSA) is 135 Å². The SMILES string of the molecule is CC(C)OC[C@H]1O[C@@H](n2cnc3c(N)ncnc32)C(F)[C@H]1OP(=O)(O)C(C)C. The number of rotatable bonds is 7. The first-order valence-electron chi connectivity index (χ1n) is 8.96. The van der Waals surface area contributed by atoms with Crippen molar-refractivity contribution in [3.8, 4) is 0 Å². The second kappa shape index (κ2) is 8.00. The van der Waals surface area contributed by atoms with Crippen LogP contribution < -0.4 is 5.73 Å². The third-order valence-corrected chi connectivity index (χ3v) is 6.30. The molecule has 0 radical (unpaired) electrons. The number of nitrogen functional groups attached to an aromatic ring is 1. The molecule has 3 N–H and O–H groups in total. The molecule has 1 aliphatic heterocycles. The molecule has 0 aromatic carbocycles. The minimum atomic E-state index is -4.04. The molecule has 0 saturated carbocycles. The summed E-state index contributed by atoms with van der Waals surface area (Å²) in [6.45, 7) is 6.71. The summed E-state index contributed by atoms with van der Waals surface area (Å²) < 4.78 is 45.8. The Labute approximate surface area is 161 Å². The van der Waals surface area contributed by atoms with Gasteiger partial charge in [-0.05, 0) is 13.8 Å². The molecule has 2 aromatic heterocycles. The van der Waals surface area contributed by atoms with Crippen LogP contribution in [0.5, 0.6) is 0 Å². The third-order valence-electron chi connectivity index (χ3n) is 4.45. The highest BCUT2D eigenvalue weighted by Gasteiger charge is 2.50. The van der Waals surface area contributed by atoms with Crippen LogP contribution in [-0.4, -0.2) is 61.2 Å². The number of alkyl halides is 1. The molecule has 5 atom stereocenters. The van der Waals surface area contributed by atoms with E-state index in [1.165, 1.54) is 31.1 Å². The molecule has 3 rings (SSSR count). The largest absolute Gasteiger partial charge is 0.382 e. The molecular weight excluding hydrogens is 392 g/mol. The second-order valence-corrected chi connectivity index (χ2v) is 9.57. The summed E-state index contributed by atoms with van der Waals surface area (Å²) in [4.78, 5) is 22.2. The monoisotopic (exact) mass is 417 g/mol.